The molecule has 3 aromatic rings. The second kappa shape index (κ2) is 9.05. The Morgan fingerprint density at radius 3 is 2.59 bits per heavy atom. The normalized spacial score (nSPS) is 11.1. The molecule has 2 aromatic carbocycles. The minimum atomic E-state index is -0.290. The zero-order valence-corrected chi connectivity index (χ0v) is 17.2. The maximum absolute atomic E-state index is 13.2. The van der Waals surface area contributed by atoms with Crippen LogP contribution >= 0.6 is 0 Å². The van der Waals surface area contributed by atoms with Crippen molar-refractivity contribution < 1.29 is 18.7 Å². The van der Waals surface area contributed by atoms with Gasteiger partial charge in [0, 0.05) is 39.9 Å². The summed E-state index contributed by atoms with van der Waals surface area (Å²) in [6, 6.07) is 9.72. The number of methoxy groups -OCH3 is 1. The molecule has 1 aromatic heterocycles. The lowest BCUT2D eigenvalue weighted by atomic mass is 10.1. The van der Waals surface area contributed by atoms with E-state index in [2.05, 4.69) is 9.55 Å². The SMILES string of the molecule is COCCCn1c(C)nc2cc(C(=O)N(C)C)cc(OCc3ccc(F)cc3)c21. The molecule has 0 aliphatic heterocycles. The number of rotatable bonds is 8. The zero-order valence-electron chi connectivity index (χ0n) is 17.2. The maximum Gasteiger partial charge on any atom is 0.253 e. The molecule has 6 nitrogen and oxygen atoms in total. The molecule has 0 spiro atoms. The average molecular weight is 399 g/mol. The zero-order chi connectivity index (χ0) is 21.0. The summed E-state index contributed by atoms with van der Waals surface area (Å²) in [4.78, 5) is 18.7. The van der Waals surface area contributed by atoms with E-state index >= 15 is 0 Å². The first-order valence-corrected chi connectivity index (χ1v) is 9.49. The average Bonchev–Trinajstić information content (AvgIpc) is 3.02. The summed E-state index contributed by atoms with van der Waals surface area (Å²) >= 11 is 0. The number of benzene rings is 2. The second-order valence-corrected chi connectivity index (χ2v) is 7.11. The molecule has 0 saturated heterocycles. The quantitative estimate of drug-likeness (QED) is 0.541. The topological polar surface area (TPSA) is 56.6 Å². The highest BCUT2D eigenvalue weighted by atomic mass is 19.1. The minimum absolute atomic E-state index is 0.120. The van der Waals surface area contributed by atoms with E-state index in [1.807, 2.05) is 6.92 Å². The highest BCUT2D eigenvalue weighted by Gasteiger charge is 2.18. The molecule has 154 valence electrons. The van der Waals surface area contributed by atoms with Crippen LogP contribution in [0.1, 0.15) is 28.2 Å². The third-order valence-corrected chi connectivity index (χ3v) is 4.69. The molecule has 1 amide bonds. The van der Waals surface area contributed by atoms with Gasteiger partial charge in [-0.25, -0.2) is 9.37 Å². The highest BCUT2D eigenvalue weighted by Crippen LogP contribution is 2.30. The number of imidazole rings is 1. The van der Waals surface area contributed by atoms with Crippen LogP contribution in [-0.4, -0.2) is 48.2 Å². The molecule has 0 aliphatic carbocycles. The molecule has 0 aliphatic rings. The number of aromatic nitrogens is 2. The summed E-state index contributed by atoms with van der Waals surface area (Å²) in [5.74, 6) is 1.01. The highest BCUT2D eigenvalue weighted by molar-refractivity contribution is 5.99. The Kier molecular flexibility index (Phi) is 6.49. The molecule has 7 heteroatoms. The molecule has 3 rings (SSSR count). The van der Waals surface area contributed by atoms with E-state index in [-0.39, 0.29) is 18.3 Å². The molecule has 0 N–H and O–H groups in total. The number of amides is 1. The van der Waals surface area contributed by atoms with Crippen molar-refractivity contribution in [1.29, 1.82) is 0 Å². The molecule has 0 saturated carbocycles. The summed E-state index contributed by atoms with van der Waals surface area (Å²) in [6.07, 6.45) is 0.832. The number of nitrogens with zero attached hydrogens (tertiary/aromatic N) is 3. The molecule has 1 heterocycles. The summed E-state index contributed by atoms with van der Waals surface area (Å²) in [7, 11) is 5.09. The van der Waals surface area contributed by atoms with E-state index < -0.39 is 0 Å². The van der Waals surface area contributed by atoms with E-state index in [1.54, 1.807) is 45.5 Å². The fraction of sp³-hybridized carbons (Fsp3) is 0.364. The molecule has 29 heavy (non-hydrogen) atoms. The van der Waals surface area contributed by atoms with Crippen LogP contribution in [0.3, 0.4) is 0 Å². The minimum Gasteiger partial charge on any atom is -0.487 e. The van der Waals surface area contributed by atoms with Crippen molar-refractivity contribution in [1.82, 2.24) is 14.5 Å². The van der Waals surface area contributed by atoms with Crippen LogP contribution in [0.25, 0.3) is 11.0 Å². The number of hydrogen-bond donors (Lipinski definition) is 0. The van der Waals surface area contributed by atoms with Crippen LogP contribution in [0.5, 0.6) is 5.75 Å². The molecule has 0 atom stereocenters. The first-order chi connectivity index (χ1) is 13.9. The van der Waals surface area contributed by atoms with Crippen LogP contribution in [-0.2, 0) is 17.9 Å². The molecular weight excluding hydrogens is 373 g/mol. The first-order valence-electron chi connectivity index (χ1n) is 9.49. The Bertz CT molecular complexity index is 997. The number of halogens is 1. The van der Waals surface area contributed by atoms with Crippen LogP contribution in [0.4, 0.5) is 4.39 Å². The van der Waals surface area contributed by atoms with Gasteiger partial charge in [0.2, 0.25) is 0 Å². The fourth-order valence-corrected chi connectivity index (χ4v) is 3.22. The molecule has 0 fully saturated rings. The van der Waals surface area contributed by atoms with Gasteiger partial charge in [-0.15, -0.1) is 0 Å². The van der Waals surface area contributed by atoms with Crippen molar-refractivity contribution in [2.45, 2.75) is 26.5 Å². The van der Waals surface area contributed by atoms with Crippen molar-refractivity contribution in [3.63, 3.8) is 0 Å². The van der Waals surface area contributed by atoms with Crippen LogP contribution in [0.2, 0.25) is 0 Å². The van der Waals surface area contributed by atoms with E-state index in [9.17, 15) is 9.18 Å². The number of aryl methyl sites for hydroxylation is 2. The fourth-order valence-electron chi connectivity index (χ4n) is 3.22. The molecular formula is C22H26FN3O3. The van der Waals surface area contributed by atoms with Gasteiger partial charge in [-0.2, -0.15) is 0 Å². The Hall–Kier alpha value is -2.93. The van der Waals surface area contributed by atoms with Gasteiger partial charge in [0.1, 0.15) is 29.5 Å². The van der Waals surface area contributed by atoms with Crippen LogP contribution < -0.4 is 4.74 Å². The molecule has 0 unspecified atom stereocenters. The number of fused-ring (bicyclic) bond motifs is 1. The summed E-state index contributed by atoms with van der Waals surface area (Å²) < 4.78 is 26.5. The predicted octanol–water partition coefficient (Wildman–Crippen LogP) is 3.80. The summed E-state index contributed by atoms with van der Waals surface area (Å²) in [5.41, 5.74) is 2.90. The lowest BCUT2D eigenvalue weighted by molar-refractivity contribution is 0.0827. The van der Waals surface area contributed by atoms with Crippen LogP contribution in [0.15, 0.2) is 36.4 Å². The lowest BCUT2D eigenvalue weighted by Gasteiger charge is -2.15. The van der Waals surface area contributed by atoms with Crippen molar-refractivity contribution in [2.24, 2.45) is 0 Å². The second-order valence-electron chi connectivity index (χ2n) is 7.11. The number of carbonyl (C=O) groups excluding carboxylic acids is 1. The van der Waals surface area contributed by atoms with Crippen molar-refractivity contribution in [3.8, 4) is 5.75 Å². The van der Waals surface area contributed by atoms with Gasteiger partial charge in [0.25, 0.3) is 5.91 Å². The van der Waals surface area contributed by atoms with Gasteiger partial charge in [-0.1, -0.05) is 12.1 Å². The van der Waals surface area contributed by atoms with Gasteiger partial charge < -0.3 is 18.9 Å². The predicted molar refractivity (Wildman–Crippen MR) is 110 cm³/mol. The Balaban J connectivity index is 2.01. The molecule has 0 radical (unpaired) electrons. The van der Waals surface area contributed by atoms with Gasteiger partial charge in [0.05, 0.1) is 5.52 Å². The standard InChI is InChI=1S/C22H26FN3O3/c1-15-24-19-12-17(22(27)25(2)3)13-20(21(19)26(15)10-5-11-28-4)29-14-16-6-8-18(23)9-7-16/h6-9,12-13H,5,10-11,14H2,1-4H3. The van der Waals surface area contributed by atoms with Crippen molar-refractivity contribution in [3.05, 3.63) is 59.2 Å². The Morgan fingerprint density at radius 2 is 1.93 bits per heavy atom. The monoisotopic (exact) mass is 399 g/mol. The Labute approximate surface area is 169 Å². The smallest absolute Gasteiger partial charge is 0.253 e. The van der Waals surface area contributed by atoms with Gasteiger partial charge >= 0.3 is 0 Å². The van der Waals surface area contributed by atoms with Crippen molar-refractivity contribution in [2.75, 3.05) is 27.8 Å². The summed E-state index contributed by atoms with van der Waals surface area (Å²) in [6.45, 7) is 3.56. The van der Waals surface area contributed by atoms with Crippen molar-refractivity contribution >= 4 is 16.9 Å². The van der Waals surface area contributed by atoms with E-state index in [0.29, 0.717) is 23.4 Å². The van der Waals surface area contributed by atoms with E-state index in [1.165, 1.54) is 17.0 Å². The van der Waals surface area contributed by atoms with Gasteiger partial charge in [-0.05, 0) is 43.2 Å². The van der Waals surface area contributed by atoms with Gasteiger partial charge in [0.15, 0.2) is 0 Å². The number of hydrogen-bond acceptors (Lipinski definition) is 4. The van der Waals surface area contributed by atoms with E-state index in [0.717, 1.165) is 29.9 Å². The molecule has 0 bridgehead atoms. The third-order valence-electron chi connectivity index (χ3n) is 4.69. The summed E-state index contributed by atoms with van der Waals surface area (Å²) in [5, 5.41) is 0. The van der Waals surface area contributed by atoms with E-state index in [4.69, 9.17) is 9.47 Å². The van der Waals surface area contributed by atoms with Gasteiger partial charge in [-0.3, -0.25) is 4.79 Å². The number of ether oxygens (including phenoxy) is 2. The lowest BCUT2D eigenvalue weighted by Crippen LogP contribution is -2.21. The maximum atomic E-state index is 13.2. The first kappa shape index (κ1) is 20.8. The third kappa shape index (κ3) is 4.74. The number of carbonyl (C=O) groups is 1. The van der Waals surface area contributed by atoms with Crippen LogP contribution in [0, 0.1) is 12.7 Å². The Morgan fingerprint density at radius 1 is 1.21 bits per heavy atom. The largest absolute Gasteiger partial charge is 0.487 e.